The lowest BCUT2D eigenvalue weighted by atomic mass is 10.2. The van der Waals surface area contributed by atoms with E-state index in [0.29, 0.717) is 22.2 Å². The summed E-state index contributed by atoms with van der Waals surface area (Å²) in [5, 5.41) is 3.30. The van der Waals surface area contributed by atoms with Crippen LogP contribution in [0.25, 0.3) is 10.2 Å². The summed E-state index contributed by atoms with van der Waals surface area (Å²) in [5.74, 6) is 0.496. The maximum absolute atomic E-state index is 12.3. The van der Waals surface area contributed by atoms with Crippen LogP contribution in [0.3, 0.4) is 0 Å². The van der Waals surface area contributed by atoms with Crippen LogP contribution in [-0.2, 0) is 11.3 Å². The van der Waals surface area contributed by atoms with Gasteiger partial charge in [0, 0.05) is 7.05 Å². The van der Waals surface area contributed by atoms with Crippen LogP contribution < -0.4 is 5.32 Å². The number of fused-ring (bicyclic) bond motifs is 1. The number of benzene rings is 1. The number of nitrogens with one attached hydrogen (secondary N) is 1. The quantitative estimate of drug-likeness (QED) is 0.719. The number of hydrogen-bond acceptors (Lipinski definition) is 6. The average molecular weight is 359 g/mol. The Balaban J connectivity index is 1.67. The van der Waals surface area contributed by atoms with Crippen LogP contribution in [0.4, 0.5) is 9.93 Å². The lowest BCUT2D eigenvalue weighted by molar-refractivity contribution is 0.0598. The fraction of sp³-hybridized carbons (Fsp3) is 0.235. The molecule has 2 amide bonds. The highest BCUT2D eigenvalue weighted by Gasteiger charge is 2.18. The summed E-state index contributed by atoms with van der Waals surface area (Å²) >= 11 is 1.41. The molecule has 0 bridgehead atoms. The number of aromatic nitrogens is 1. The van der Waals surface area contributed by atoms with Gasteiger partial charge in [0.05, 0.1) is 23.9 Å². The van der Waals surface area contributed by atoms with Crippen molar-refractivity contribution >= 4 is 38.7 Å². The smallest absolute Gasteiger partial charge is 0.341 e. The fourth-order valence-corrected chi connectivity index (χ4v) is 3.21. The van der Waals surface area contributed by atoms with Gasteiger partial charge < -0.3 is 14.1 Å². The molecule has 3 rings (SSSR count). The van der Waals surface area contributed by atoms with E-state index >= 15 is 0 Å². The van der Waals surface area contributed by atoms with Crippen molar-refractivity contribution < 1.29 is 18.7 Å². The maximum Gasteiger partial charge on any atom is 0.341 e. The third kappa shape index (κ3) is 3.63. The molecule has 0 atom stereocenters. The van der Waals surface area contributed by atoms with Crippen LogP contribution in [0.2, 0.25) is 0 Å². The zero-order valence-electron chi connectivity index (χ0n) is 14.0. The van der Waals surface area contributed by atoms with Crippen molar-refractivity contribution in [2.24, 2.45) is 0 Å². The summed E-state index contributed by atoms with van der Waals surface area (Å²) in [4.78, 5) is 29.8. The fourth-order valence-electron chi connectivity index (χ4n) is 2.35. The number of thiazole rings is 1. The number of ether oxygens (including phenoxy) is 1. The largest absolute Gasteiger partial charge is 0.465 e. The normalized spacial score (nSPS) is 10.7. The van der Waals surface area contributed by atoms with Crippen LogP contribution in [-0.4, -0.2) is 36.0 Å². The van der Waals surface area contributed by atoms with E-state index in [2.05, 4.69) is 10.3 Å². The molecule has 0 saturated carbocycles. The number of amides is 2. The molecule has 1 N–H and O–H groups in total. The second-order valence-electron chi connectivity index (χ2n) is 5.45. The number of aryl methyl sites for hydroxylation is 1. The maximum atomic E-state index is 12.3. The predicted octanol–water partition coefficient (Wildman–Crippen LogP) is 3.65. The number of urea groups is 1. The number of anilines is 1. The standard InChI is InChI=1S/C17H17N3O4S/c1-10-12(15(21)23-3)8-11(24-10)9-20(2)17(22)19-16-18-13-6-4-5-7-14(13)25-16/h4-8H,9H2,1-3H3,(H,18,19,22). The molecule has 1 aromatic carbocycles. The van der Waals surface area contributed by atoms with E-state index in [9.17, 15) is 9.59 Å². The van der Waals surface area contributed by atoms with Crippen LogP contribution in [0.5, 0.6) is 0 Å². The molecule has 8 heteroatoms. The number of nitrogens with zero attached hydrogens (tertiary/aromatic N) is 2. The first-order valence-corrected chi connectivity index (χ1v) is 8.35. The van der Waals surface area contributed by atoms with E-state index < -0.39 is 5.97 Å². The van der Waals surface area contributed by atoms with Crippen molar-refractivity contribution in [3.63, 3.8) is 0 Å². The Kier molecular flexibility index (Phi) is 4.71. The number of methoxy groups -OCH3 is 1. The summed E-state index contributed by atoms with van der Waals surface area (Å²) in [6.45, 7) is 1.89. The lowest BCUT2D eigenvalue weighted by Gasteiger charge is -2.15. The van der Waals surface area contributed by atoms with Crippen molar-refractivity contribution in [3.8, 4) is 0 Å². The Labute approximate surface area is 148 Å². The molecule has 0 unspecified atom stereocenters. The third-order valence-corrected chi connectivity index (χ3v) is 4.57. The van der Waals surface area contributed by atoms with Gasteiger partial charge in [0.15, 0.2) is 5.13 Å². The minimum absolute atomic E-state index is 0.217. The number of esters is 1. The summed E-state index contributed by atoms with van der Waals surface area (Å²) < 4.78 is 11.2. The number of hydrogen-bond donors (Lipinski definition) is 1. The molecule has 0 aliphatic carbocycles. The van der Waals surface area contributed by atoms with E-state index in [1.807, 2.05) is 24.3 Å². The van der Waals surface area contributed by atoms with Gasteiger partial charge in [-0.1, -0.05) is 23.5 Å². The Hall–Kier alpha value is -2.87. The summed E-state index contributed by atoms with van der Waals surface area (Å²) in [6.07, 6.45) is 0. The van der Waals surface area contributed by atoms with Gasteiger partial charge in [-0.3, -0.25) is 5.32 Å². The number of para-hydroxylation sites is 1. The Bertz CT molecular complexity index is 898. The Morgan fingerprint density at radius 2 is 2.12 bits per heavy atom. The van der Waals surface area contributed by atoms with Gasteiger partial charge in [0.2, 0.25) is 0 Å². The van der Waals surface area contributed by atoms with Gasteiger partial charge in [-0.2, -0.15) is 0 Å². The van der Waals surface area contributed by atoms with Crippen LogP contribution in [0, 0.1) is 6.92 Å². The highest BCUT2D eigenvalue weighted by atomic mass is 32.1. The highest BCUT2D eigenvalue weighted by Crippen LogP contribution is 2.25. The minimum Gasteiger partial charge on any atom is -0.465 e. The van der Waals surface area contributed by atoms with Crippen molar-refractivity contribution in [3.05, 3.63) is 47.4 Å². The molecule has 0 aliphatic heterocycles. The molecule has 0 aliphatic rings. The molecular formula is C17H17N3O4S. The molecule has 2 aromatic heterocycles. The van der Waals surface area contributed by atoms with Crippen LogP contribution in [0.1, 0.15) is 21.9 Å². The van der Waals surface area contributed by atoms with Gasteiger partial charge >= 0.3 is 12.0 Å². The summed E-state index contributed by atoms with van der Waals surface area (Å²) in [5.41, 5.74) is 1.20. The topological polar surface area (TPSA) is 84.7 Å². The molecule has 0 saturated heterocycles. The summed E-state index contributed by atoms with van der Waals surface area (Å²) in [6, 6.07) is 8.95. The van der Waals surface area contributed by atoms with Gasteiger partial charge in [0.25, 0.3) is 0 Å². The van der Waals surface area contributed by atoms with E-state index in [1.54, 1.807) is 20.0 Å². The second-order valence-corrected chi connectivity index (χ2v) is 6.48. The molecule has 2 heterocycles. The monoisotopic (exact) mass is 359 g/mol. The van der Waals surface area contributed by atoms with Crippen LogP contribution in [0.15, 0.2) is 34.7 Å². The lowest BCUT2D eigenvalue weighted by Crippen LogP contribution is -2.30. The Morgan fingerprint density at radius 1 is 1.36 bits per heavy atom. The molecule has 3 aromatic rings. The van der Waals surface area contributed by atoms with E-state index in [4.69, 9.17) is 9.15 Å². The number of furan rings is 1. The van der Waals surface area contributed by atoms with Crippen LogP contribution >= 0.6 is 11.3 Å². The Morgan fingerprint density at radius 3 is 2.84 bits per heavy atom. The van der Waals surface area contributed by atoms with Gasteiger partial charge in [-0.05, 0) is 25.1 Å². The predicted molar refractivity (Wildman–Crippen MR) is 94.9 cm³/mol. The molecule has 0 radical (unpaired) electrons. The molecule has 0 spiro atoms. The zero-order chi connectivity index (χ0) is 18.0. The van der Waals surface area contributed by atoms with E-state index in [0.717, 1.165) is 10.2 Å². The molecule has 25 heavy (non-hydrogen) atoms. The van der Waals surface area contributed by atoms with Gasteiger partial charge in [0.1, 0.15) is 17.1 Å². The molecule has 130 valence electrons. The number of carbonyl (C=O) groups excluding carboxylic acids is 2. The molecule has 7 nitrogen and oxygen atoms in total. The third-order valence-electron chi connectivity index (χ3n) is 3.62. The number of carbonyl (C=O) groups is 2. The second kappa shape index (κ2) is 6.94. The minimum atomic E-state index is -0.464. The number of rotatable bonds is 4. The SMILES string of the molecule is COC(=O)c1cc(CN(C)C(=O)Nc2nc3ccccc3s2)oc1C. The first-order valence-electron chi connectivity index (χ1n) is 7.53. The van der Waals surface area contributed by atoms with Crippen molar-refractivity contribution in [1.29, 1.82) is 0 Å². The van der Waals surface area contributed by atoms with Gasteiger partial charge in [-0.15, -0.1) is 0 Å². The molecule has 0 fully saturated rings. The summed E-state index contributed by atoms with van der Waals surface area (Å²) in [7, 11) is 2.95. The first-order chi connectivity index (χ1) is 12.0. The van der Waals surface area contributed by atoms with Gasteiger partial charge in [-0.25, -0.2) is 14.6 Å². The first kappa shape index (κ1) is 17.0. The average Bonchev–Trinajstić information content (AvgIpc) is 3.16. The highest BCUT2D eigenvalue weighted by molar-refractivity contribution is 7.22. The molecular weight excluding hydrogens is 342 g/mol. The van der Waals surface area contributed by atoms with Crippen molar-refractivity contribution in [2.45, 2.75) is 13.5 Å². The van der Waals surface area contributed by atoms with Crippen molar-refractivity contribution in [2.75, 3.05) is 19.5 Å². The van der Waals surface area contributed by atoms with E-state index in [-0.39, 0.29) is 12.6 Å². The van der Waals surface area contributed by atoms with E-state index in [1.165, 1.54) is 23.3 Å². The van der Waals surface area contributed by atoms with Crippen molar-refractivity contribution in [1.82, 2.24) is 9.88 Å². The zero-order valence-corrected chi connectivity index (χ0v) is 14.8.